The van der Waals surface area contributed by atoms with Gasteiger partial charge in [0, 0.05) is 11.1 Å². The molecule has 1 aliphatic heterocycles. The highest BCUT2D eigenvalue weighted by Crippen LogP contribution is 2.37. The predicted octanol–water partition coefficient (Wildman–Crippen LogP) is 3.52. The molecule has 2 aromatic carbocycles. The minimum atomic E-state index is -1.14. The number of aromatic carboxylic acids is 1. The van der Waals surface area contributed by atoms with Crippen LogP contribution in [0.4, 0.5) is 4.39 Å². The molecular weight excluding hydrogens is 259 g/mol. The summed E-state index contributed by atoms with van der Waals surface area (Å²) in [5.74, 6) is -0.977. The Morgan fingerprint density at radius 1 is 1.20 bits per heavy atom. The lowest BCUT2D eigenvalue weighted by Crippen LogP contribution is -2.09. The number of benzene rings is 2. The Morgan fingerprint density at radius 2 is 2.05 bits per heavy atom. The van der Waals surface area contributed by atoms with E-state index in [9.17, 15) is 9.18 Å². The molecule has 1 aliphatic rings. The molecule has 1 heterocycles. The van der Waals surface area contributed by atoms with Gasteiger partial charge in [-0.15, -0.1) is 0 Å². The molecule has 0 spiro atoms. The predicted molar refractivity (Wildman–Crippen MR) is 72.6 cm³/mol. The van der Waals surface area contributed by atoms with Crippen molar-refractivity contribution in [3.05, 3.63) is 53.3 Å². The highest BCUT2D eigenvalue weighted by atomic mass is 19.1. The van der Waals surface area contributed by atoms with Crippen LogP contribution in [0.5, 0.6) is 5.75 Å². The van der Waals surface area contributed by atoms with Crippen LogP contribution in [0.25, 0.3) is 11.1 Å². The molecule has 0 saturated carbocycles. The van der Waals surface area contributed by atoms with Crippen molar-refractivity contribution in [1.29, 1.82) is 0 Å². The van der Waals surface area contributed by atoms with Crippen LogP contribution in [0.3, 0.4) is 0 Å². The summed E-state index contributed by atoms with van der Waals surface area (Å²) in [4.78, 5) is 10.8. The molecule has 3 rings (SSSR count). The van der Waals surface area contributed by atoms with E-state index in [0.29, 0.717) is 23.5 Å². The van der Waals surface area contributed by atoms with Gasteiger partial charge in [-0.1, -0.05) is 24.3 Å². The number of carboxylic acid groups (broad SMARTS) is 1. The van der Waals surface area contributed by atoms with Gasteiger partial charge >= 0.3 is 5.97 Å². The van der Waals surface area contributed by atoms with Crippen molar-refractivity contribution in [2.24, 2.45) is 0 Å². The van der Waals surface area contributed by atoms with E-state index in [1.54, 1.807) is 6.07 Å². The number of ether oxygens (including phenoxy) is 1. The lowest BCUT2D eigenvalue weighted by Gasteiger charge is -2.20. The van der Waals surface area contributed by atoms with Crippen molar-refractivity contribution >= 4 is 5.97 Å². The zero-order chi connectivity index (χ0) is 14.1. The number of hydrogen-bond donors (Lipinski definition) is 1. The van der Waals surface area contributed by atoms with Crippen molar-refractivity contribution < 1.29 is 19.0 Å². The molecular formula is C16H13FO3. The summed E-state index contributed by atoms with van der Waals surface area (Å²) in [5.41, 5.74) is 2.05. The maximum absolute atomic E-state index is 14.1. The fourth-order valence-electron chi connectivity index (χ4n) is 2.47. The van der Waals surface area contributed by atoms with Gasteiger partial charge in [-0.2, -0.15) is 0 Å². The van der Waals surface area contributed by atoms with Gasteiger partial charge in [-0.3, -0.25) is 0 Å². The van der Waals surface area contributed by atoms with Gasteiger partial charge in [0.25, 0.3) is 0 Å². The third-order valence-corrected chi connectivity index (χ3v) is 3.44. The van der Waals surface area contributed by atoms with E-state index in [2.05, 4.69) is 0 Å². The minimum absolute atomic E-state index is 0.0584. The van der Waals surface area contributed by atoms with Crippen LogP contribution in [-0.4, -0.2) is 17.7 Å². The van der Waals surface area contributed by atoms with Crippen molar-refractivity contribution in [2.45, 2.75) is 12.8 Å². The maximum atomic E-state index is 14.1. The molecule has 0 fully saturated rings. The molecule has 0 bridgehead atoms. The standard InChI is InChI=1S/C16H13FO3/c17-14-9-11(16(18)19)6-7-12(14)13-5-1-3-10-4-2-8-20-15(10)13/h1,3,5-7,9H,2,4,8H2,(H,18,19). The summed E-state index contributed by atoms with van der Waals surface area (Å²) in [7, 11) is 0. The summed E-state index contributed by atoms with van der Waals surface area (Å²) in [6.45, 7) is 0.624. The Labute approximate surface area is 115 Å². The Bertz CT molecular complexity index is 679. The fraction of sp³-hybridized carbons (Fsp3) is 0.188. The molecule has 0 saturated heterocycles. The van der Waals surface area contributed by atoms with Crippen LogP contribution < -0.4 is 4.74 Å². The molecule has 0 aromatic heterocycles. The van der Waals surface area contributed by atoms with E-state index < -0.39 is 11.8 Å². The topological polar surface area (TPSA) is 46.5 Å². The minimum Gasteiger partial charge on any atom is -0.493 e. The number of aryl methyl sites for hydroxylation is 1. The number of carboxylic acids is 1. The lowest BCUT2D eigenvalue weighted by molar-refractivity contribution is 0.0696. The van der Waals surface area contributed by atoms with E-state index in [-0.39, 0.29) is 5.56 Å². The van der Waals surface area contributed by atoms with Crippen molar-refractivity contribution in [2.75, 3.05) is 6.61 Å². The fourth-order valence-corrected chi connectivity index (χ4v) is 2.47. The maximum Gasteiger partial charge on any atom is 0.335 e. The highest BCUT2D eigenvalue weighted by Gasteiger charge is 2.18. The first-order valence-electron chi connectivity index (χ1n) is 6.45. The molecule has 0 aliphatic carbocycles. The first kappa shape index (κ1) is 12.7. The van der Waals surface area contributed by atoms with E-state index in [4.69, 9.17) is 9.84 Å². The third-order valence-electron chi connectivity index (χ3n) is 3.44. The van der Waals surface area contributed by atoms with E-state index in [1.807, 2.05) is 12.1 Å². The Kier molecular flexibility index (Phi) is 3.14. The first-order valence-corrected chi connectivity index (χ1v) is 6.45. The molecule has 4 heteroatoms. The second-order valence-electron chi connectivity index (χ2n) is 4.75. The Hall–Kier alpha value is -2.36. The Balaban J connectivity index is 2.12. The average Bonchev–Trinajstić information content (AvgIpc) is 2.46. The van der Waals surface area contributed by atoms with E-state index in [0.717, 1.165) is 24.5 Å². The van der Waals surface area contributed by atoms with Gasteiger partial charge in [0.15, 0.2) is 0 Å². The van der Waals surface area contributed by atoms with Crippen LogP contribution in [0.1, 0.15) is 22.3 Å². The second kappa shape index (κ2) is 4.96. The monoisotopic (exact) mass is 272 g/mol. The van der Waals surface area contributed by atoms with E-state index >= 15 is 0 Å². The molecule has 0 radical (unpaired) electrons. The van der Waals surface area contributed by atoms with Gasteiger partial charge in [0.2, 0.25) is 0 Å². The number of halogens is 1. The van der Waals surface area contributed by atoms with Crippen molar-refractivity contribution in [3.63, 3.8) is 0 Å². The number of rotatable bonds is 2. The quantitative estimate of drug-likeness (QED) is 0.909. The van der Waals surface area contributed by atoms with E-state index in [1.165, 1.54) is 12.1 Å². The van der Waals surface area contributed by atoms with Crippen LogP contribution in [0.15, 0.2) is 36.4 Å². The average molecular weight is 272 g/mol. The van der Waals surface area contributed by atoms with Gasteiger partial charge in [0.1, 0.15) is 11.6 Å². The molecule has 0 amide bonds. The van der Waals surface area contributed by atoms with Crippen molar-refractivity contribution in [1.82, 2.24) is 0 Å². The third kappa shape index (κ3) is 2.13. The summed E-state index contributed by atoms with van der Waals surface area (Å²) in [6.07, 6.45) is 1.87. The Morgan fingerprint density at radius 3 is 2.80 bits per heavy atom. The summed E-state index contributed by atoms with van der Waals surface area (Å²) in [5, 5.41) is 8.87. The summed E-state index contributed by atoms with van der Waals surface area (Å²) >= 11 is 0. The van der Waals surface area contributed by atoms with Crippen molar-refractivity contribution in [3.8, 4) is 16.9 Å². The molecule has 0 atom stereocenters. The van der Waals surface area contributed by atoms with Gasteiger partial charge < -0.3 is 9.84 Å². The molecule has 2 aromatic rings. The molecule has 3 nitrogen and oxygen atoms in total. The van der Waals surface area contributed by atoms with Gasteiger partial charge in [-0.05, 0) is 30.5 Å². The number of para-hydroxylation sites is 1. The summed E-state index contributed by atoms with van der Waals surface area (Å²) in [6, 6.07) is 9.58. The molecule has 1 N–H and O–H groups in total. The summed E-state index contributed by atoms with van der Waals surface area (Å²) < 4.78 is 19.8. The number of carbonyl (C=O) groups is 1. The zero-order valence-electron chi connectivity index (χ0n) is 10.7. The highest BCUT2D eigenvalue weighted by molar-refractivity contribution is 5.88. The zero-order valence-corrected chi connectivity index (χ0v) is 10.7. The first-order chi connectivity index (χ1) is 9.66. The van der Waals surface area contributed by atoms with Crippen LogP contribution in [-0.2, 0) is 6.42 Å². The number of fused-ring (bicyclic) bond motifs is 1. The SMILES string of the molecule is O=C(O)c1ccc(-c2cccc3c2OCCC3)c(F)c1. The number of hydrogen-bond acceptors (Lipinski definition) is 2. The normalized spacial score (nSPS) is 13.4. The van der Waals surface area contributed by atoms with Gasteiger partial charge in [-0.25, -0.2) is 9.18 Å². The van der Waals surface area contributed by atoms with Crippen LogP contribution in [0.2, 0.25) is 0 Å². The lowest BCUT2D eigenvalue weighted by atomic mass is 9.96. The smallest absolute Gasteiger partial charge is 0.335 e. The van der Waals surface area contributed by atoms with Crippen LogP contribution in [0, 0.1) is 5.82 Å². The molecule has 20 heavy (non-hydrogen) atoms. The molecule has 0 unspecified atom stereocenters. The van der Waals surface area contributed by atoms with Gasteiger partial charge in [0.05, 0.1) is 12.2 Å². The second-order valence-corrected chi connectivity index (χ2v) is 4.75. The molecule has 102 valence electrons. The largest absolute Gasteiger partial charge is 0.493 e. The van der Waals surface area contributed by atoms with Crippen LogP contribution >= 0.6 is 0 Å².